The van der Waals surface area contributed by atoms with Gasteiger partial charge in [0.15, 0.2) is 0 Å². The van der Waals surface area contributed by atoms with Crippen LogP contribution in [0.3, 0.4) is 0 Å². The lowest BCUT2D eigenvalue weighted by molar-refractivity contribution is -0.121. The number of carboxylic acid groups (broad SMARTS) is 1. The smallest absolute Gasteiger partial charge is 0.335 e. The lowest BCUT2D eigenvalue weighted by Crippen LogP contribution is -2.29. The molecule has 0 aliphatic carbocycles. The Morgan fingerprint density at radius 2 is 2.19 bits per heavy atom. The molecule has 16 heavy (non-hydrogen) atoms. The van der Waals surface area contributed by atoms with Crippen molar-refractivity contribution in [1.82, 2.24) is 4.57 Å². The third-order valence-corrected chi connectivity index (χ3v) is 2.20. The van der Waals surface area contributed by atoms with Crippen molar-refractivity contribution in [2.24, 2.45) is 11.7 Å². The van der Waals surface area contributed by atoms with Gasteiger partial charge in [-0.05, 0) is 6.07 Å². The van der Waals surface area contributed by atoms with Gasteiger partial charge in [-0.2, -0.15) is 0 Å². The van der Waals surface area contributed by atoms with Gasteiger partial charge in [0, 0.05) is 18.8 Å². The fourth-order valence-corrected chi connectivity index (χ4v) is 1.18. The molecular formula is C10H12N2O4. The van der Waals surface area contributed by atoms with E-state index < -0.39 is 23.4 Å². The summed E-state index contributed by atoms with van der Waals surface area (Å²) in [6, 6.07) is 2.31. The average molecular weight is 224 g/mol. The molecule has 0 aliphatic heterocycles. The van der Waals surface area contributed by atoms with Crippen LogP contribution in [0.5, 0.6) is 0 Å². The van der Waals surface area contributed by atoms with E-state index in [1.807, 2.05) is 0 Å². The number of pyridine rings is 1. The third-order valence-electron chi connectivity index (χ3n) is 2.20. The monoisotopic (exact) mass is 224 g/mol. The van der Waals surface area contributed by atoms with Crippen molar-refractivity contribution in [1.29, 1.82) is 0 Å². The van der Waals surface area contributed by atoms with Crippen LogP contribution in [0.25, 0.3) is 0 Å². The van der Waals surface area contributed by atoms with Crippen molar-refractivity contribution in [3.05, 3.63) is 34.2 Å². The number of primary amides is 1. The van der Waals surface area contributed by atoms with Gasteiger partial charge < -0.3 is 15.4 Å². The molecule has 1 unspecified atom stereocenters. The number of nitrogens with zero attached hydrogens (tertiary/aromatic N) is 1. The Bertz CT molecular complexity index is 478. The van der Waals surface area contributed by atoms with E-state index in [0.29, 0.717) is 0 Å². The van der Waals surface area contributed by atoms with Gasteiger partial charge in [-0.3, -0.25) is 9.59 Å². The van der Waals surface area contributed by atoms with Gasteiger partial charge in [0.1, 0.15) is 0 Å². The normalized spacial score (nSPS) is 12.1. The first-order valence-electron chi connectivity index (χ1n) is 4.65. The maximum Gasteiger partial charge on any atom is 0.335 e. The predicted molar refractivity (Wildman–Crippen MR) is 56.0 cm³/mol. The van der Waals surface area contributed by atoms with Gasteiger partial charge in [0.05, 0.1) is 11.5 Å². The average Bonchev–Trinajstić information content (AvgIpc) is 2.20. The van der Waals surface area contributed by atoms with Crippen molar-refractivity contribution in [3.8, 4) is 0 Å². The SMILES string of the molecule is CC(Cn1ccc(C(=O)O)cc1=O)C(N)=O. The fraction of sp³-hybridized carbons (Fsp3) is 0.300. The molecule has 0 saturated heterocycles. The van der Waals surface area contributed by atoms with Crippen molar-refractivity contribution in [3.63, 3.8) is 0 Å². The summed E-state index contributed by atoms with van der Waals surface area (Å²) in [6.07, 6.45) is 1.34. The highest BCUT2D eigenvalue weighted by Crippen LogP contribution is 1.99. The van der Waals surface area contributed by atoms with Crippen LogP contribution in [-0.4, -0.2) is 21.6 Å². The number of amides is 1. The Labute approximate surface area is 91.3 Å². The number of rotatable bonds is 4. The summed E-state index contributed by atoms with van der Waals surface area (Å²) in [5, 5.41) is 8.65. The first-order valence-corrected chi connectivity index (χ1v) is 4.65. The molecule has 0 fully saturated rings. The van der Waals surface area contributed by atoms with Crippen LogP contribution in [0.15, 0.2) is 23.1 Å². The zero-order chi connectivity index (χ0) is 12.3. The van der Waals surface area contributed by atoms with Crippen LogP contribution in [0.4, 0.5) is 0 Å². The standard InChI is InChI=1S/C10H12N2O4/c1-6(9(11)14)5-12-3-2-7(10(15)16)4-8(12)13/h2-4,6H,5H2,1H3,(H2,11,14)(H,15,16). The van der Waals surface area contributed by atoms with E-state index >= 15 is 0 Å². The third kappa shape index (κ3) is 2.69. The van der Waals surface area contributed by atoms with Gasteiger partial charge in [0.2, 0.25) is 5.91 Å². The molecule has 86 valence electrons. The van der Waals surface area contributed by atoms with Crippen LogP contribution in [-0.2, 0) is 11.3 Å². The highest BCUT2D eigenvalue weighted by molar-refractivity contribution is 5.87. The first-order chi connectivity index (χ1) is 7.41. The molecule has 1 atom stereocenters. The van der Waals surface area contributed by atoms with E-state index in [2.05, 4.69) is 0 Å². The second-order valence-electron chi connectivity index (χ2n) is 3.51. The van der Waals surface area contributed by atoms with Gasteiger partial charge in [-0.15, -0.1) is 0 Å². The largest absolute Gasteiger partial charge is 0.478 e. The summed E-state index contributed by atoms with van der Waals surface area (Å²) in [5.41, 5.74) is 4.52. The fourth-order valence-electron chi connectivity index (χ4n) is 1.18. The van der Waals surface area contributed by atoms with Crippen LogP contribution in [0.1, 0.15) is 17.3 Å². The van der Waals surface area contributed by atoms with Crippen LogP contribution in [0, 0.1) is 5.92 Å². The number of hydrogen-bond donors (Lipinski definition) is 2. The quantitative estimate of drug-likeness (QED) is 0.730. The molecule has 3 N–H and O–H groups in total. The predicted octanol–water partition coefficient (Wildman–Crippen LogP) is -0.332. The number of carbonyl (C=O) groups is 2. The molecule has 6 nitrogen and oxygen atoms in total. The van der Waals surface area contributed by atoms with Gasteiger partial charge in [-0.1, -0.05) is 6.92 Å². The molecule has 1 aromatic rings. The molecule has 1 aromatic heterocycles. The molecular weight excluding hydrogens is 212 g/mol. The molecule has 1 heterocycles. The first kappa shape index (κ1) is 12.0. The number of carboxylic acids is 1. The summed E-state index contributed by atoms with van der Waals surface area (Å²) in [5.74, 6) is -2.14. The minimum Gasteiger partial charge on any atom is -0.478 e. The zero-order valence-corrected chi connectivity index (χ0v) is 8.71. The summed E-state index contributed by atoms with van der Waals surface area (Å²) in [7, 11) is 0. The minimum atomic E-state index is -1.16. The van der Waals surface area contributed by atoms with Gasteiger partial charge >= 0.3 is 5.97 Å². The molecule has 0 aliphatic rings. The molecule has 1 amide bonds. The van der Waals surface area contributed by atoms with Crippen LogP contribution in [0.2, 0.25) is 0 Å². The lowest BCUT2D eigenvalue weighted by Gasteiger charge is -2.09. The Kier molecular flexibility index (Phi) is 3.44. The number of carbonyl (C=O) groups excluding carboxylic acids is 1. The Hall–Kier alpha value is -2.11. The van der Waals surface area contributed by atoms with E-state index in [9.17, 15) is 14.4 Å². The lowest BCUT2D eigenvalue weighted by atomic mass is 10.1. The van der Waals surface area contributed by atoms with Crippen LogP contribution >= 0.6 is 0 Å². The van der Waals surface area contributed by atoms with Crippen molar-refractivity contribution in [2.75, 3.05) is 0 Å². The van der Waals surface area contributed by atoms with Gasteiger partial charge in [0.25, 0.3) is 5.56 Å². The maximum atomic E-state index is 11.5. The topological polar surface area (TPSA) is 102 Å². The molecule has 1 rings (SSSR count). The Morgan fingerprint density at radius 3 is 2.62 bits per heavy atom. The molecule has 0 saturated carbocycles. The van der Waals surface area contributed by atoms with Gasteiger partial charge in [-0.25, -0.2) is 4.79 Å². The van der Waals surface area contributed by atoms with E-state index in [1.165, 1.54) is 16.8 Å². The summed E-state index contributed by atoms with van der Waals surface area (Å²) < 4.78 is 1.25. The van der Waals surface area contributed by atoms with E-state index in [1.54, 1.807) is 6.92 Å². The van der Waals surface area contributed by atoms with E-state index in [4.69, 9.17) is 10.8 Å². The number of aromatic nitrogens is 1. The highest BCUT2D eigenvalue weighted by Gasteiger charge is 2.11. The molecule has 0 spiro atoms. The molecule has 0 radical (unpaired) electrons. The minimum absolute atomic E-state index is 0.0759. The van der Waals surface area contributed by atoms with E-state index in [0.717, 1.165) is 6.07 Å². The van der Waals surface area contributed by atoms with E-state index in [-0.39, 0.29) is 12.1 Å². The molecule has 0 bridgehead atoms. The second-order valence-corrected chi connectivity index (χ2v) is 3.51. The number of aromatic carboxylic acids is 1. The molecule has 6 heteroatoms. The zero-order valence-electron chi connectivity index (χ0n) is 8.71. The van der Waals surface area contributed by atoms with Crippen molar-refractivity contribution >= 4 is 11.9 Å². The summed E-state index contributed by atoms with van der Waals surface area (Å²) >= 11 is 0. The van der Waals surface area contributed by atoms with Crippen molar-refractivity contribution < 1.29 is 14.7 Å². The summed E-state index contributed by atoms with van der Waals surface area (Å²) in [6.45, 7) is 1.74. The maximum absolute atomic E-state index is 11.5. The van der Waals surface area contributed by atoms with Crippen LogP contribution < -0.4 is 11.3 Å². The highest BCUT2D eigenvalue weighted by atomic mass is 16.4. The molecule has 0 aromatic carbocycles. The number of nitrogens with two attached hydrogens (primary N) is 1. The summed E-state index contributed by atoms with van der Waals surface area (Å²) in [4.78, 5) is 32.8. The second kappa shape index (κ2) is 4.61. The Balaban J connectivity index is 2.96. The van der Waals surface area contributed by atoms with Crippen molar-refractivity contribution in [2.45, 2.75) is 13.5 Å². The Morgan fingerprint density at radius 1 is 1.56 bits per heavy atom. The number of hydrogen-bond acceptors (Lipinski definition) is 3.